The molecule has 2 rings (SSSR count). The predicted molar refractivity (Wildman–Crippen MR) is 71.2 cm³/mol. The highest BCUT2D eigenvalue weighted by atomic mass is 16.5. The molecule has 2 atom stereocenters. The van der Waals surface area contributed by atoms with Crippen LogP contribution in [0.3, 0.4) is 0 Å². The van der Waals surface area contributed by atoms with E-state index in [0.717, 1.165) is 24.4 Å². The normalized spacial score (nSPS) is 32.8. The summed E-state index contributed by atoms with van der Waals surface area (Å²) in [5.41, 5.74) is 0. The van der Waals surface area contributed by atoms with Crippen LogP contribution in [0.4, 0.5) is 0 Å². The fourth-order valence-corrected chi connectivity index (χ4v) is 3.24. The maximum absolute atomic E-state index is 5.26. The van der Waals surface area contributed by atoms with E-state index < -0.39 is 0 Å². The summed E-state index contributed by atoms with van der Waals surface area (Å²) in [5.74, 6) is 2.57. The lowest BCUT2D eigenvalue weighted by Gasteiger charge is -2.37. The molecule has 1 N–H and O–H groups in total. The molecule has 0 radical (unpaired) electrons. The number of hydrogen-bond donors (Lipinski definition) is 1. The zero-order valence-corrected chi connectivity index (χ0v) is 11.5. The third-order valence-electron chi connectivity index (χ3n) is 4.57. The molecule has 0 amide bonds. The summed E-state index contributed by atoms with van der Waals surface area (Å²) >= 11 is 0. The van der Waals surface area contributed by atoms with Crippen molar-refractivity contribution in [3.05, 3.63) is 0 Å². The Morgan fingerprint density at radius 2 is 2.00 bits per heavy atom. The Kier molecular flexibility index (Phi) is 5.26. The van der Waals surface area contributed by atoms with Crippen molar-refractivity contribution in [2.75, 3.05) is 46.4 Å². The van der Waals surface area contributed by atoms with Crippen molar-refractivity contribution in [1.29, 1.82) is 0 Å². The van der Waals surface area contributed by atoms with Gasteiger partial charge in [0.25, 0.3) is 0 Å². The second-order valence-electron chi connectivity index (χ2n) is 5.93. The third kappa shape index (κ3) is 3.94. The molecule has 17 heavy (non-hydrogen) atoms. The van der Waals surface area contributed by atoms with Gasteiger partial charge in [-0.05, 0) is 63.2 Å². The van der Waals surface area contributed by atoms with Crippen LogP contribution in [0.15, 0.2) is 0 Å². The highest BCUT2D eigenvalue weighted by Gasteiger charge is 2.25. The summed E-state index contributed by atoms with van der Waals surface area (Å²) in [6.45, 7) is 9.67. The Morgan fingerprint density at radius 3 is 2.65 bits per heavy atom. The monoisotopic (exact) mass is 240 g/mol. The molecule has 3 heteroatoms. The SMILES string of the molecule is COCC1CCN(CC2CCNCC2C)CC1. The molecule has 2 fully saturated rings. The van der Waals surface area contributed by atoms with Gasteiger partial charge in [0.2, 0.25) is 0 Å². The number of nitrogens with zero attached hydrogens (tertiary/aromatic N) is 1. The number of methoxy groups -OCH3 is 1. The van der Waals surface area contributed by atoms with E-state index in [2.05, 4.69) is 17.1 Å². The summed E-state index contributed by atoms with van der Waals surface area (Å²) in [6, 6.07) is 0. The Labute approximate surface area is 106 Å². The van der Waals surface area contributed by atoms with Gasteiger partial charge in [0.15, 0.2) is 0 Å². The summed E-state index contributed by atoms with van der Waals surface area (Å²) in [5, 5.41) is 3.49. The van der Waals surface area contributed by atoms with Crippen molar-refractivity contribution in [1.82, 2.24) is 10.2 Å². The molecule has 100 valence electrons. The quantitative estimate of drug-likeness (QED) is 0.807. The van der Waals surface area contributed by atoms with Gasteiger partial charge in [0.1, 0.15) is 0 Å². The summed E-state index contributed by atoms with van der Waals surface area (Å²) in [6.07, 6.45) is 4.01. The van der Waals surface area contributed by atoms with Gasteiger partial charge in [0.05, 0.1) is 0 Å². The van der Waals surface area contributed by atoms with Crippen molar-refractivity contribution in [3.63, 3.8) is 0 Å². The summed E-state index contributed by atoms with van der Waals surface area (Å²) in [4.78, 5) is 2.68. The zero-order chi connectivity index (χ0) is 12.1. The molecular formula is C14H28N2O. The van der Waals surface area contributed by atoms with Crippen molar-refractivity contribution in [3.8, 4) is 0 Å². The molecule has 0 bridgehead atoms. The lowest BCUT2D eigenvalue weighted by atomic mass is 9.86. The van der Waals surface area contributed by atoms with Gasteiger partial charge in [-0.1, -0.05) is 6.92 Å². The van der Waals surface area contributed by atoms with Crippen LogP contribution in [0.1, 0.15) is 26.2 Å². The van der Waals surface area contributed by atoms with Gasteiger partial charge in [0, 0.05) is 20.3 Å². The molecule has 3 nitrogen and oxygen atoms in total. The second kappa shape index (κ2) is 6.72. The van der Waals surface area contributed by atoms with E-state index in [1.165, 1.54) is 52.0 Å². The van der Waals surface area contributed by atoms with Gasteiger partial charge >= 0.3 is 0 Å². The minimum Gasteiger partial charge on any atom is -0.384 e. The molecule has 0 aromatic carbocycles. The van der Waals surface area contributed by atoms with Gasteiger partial charge in [-0.3, -0.25) is 0 Å². The van der Waals surface area contributed by atoms with E-state index in [1.807, 2.05) is 7.11 Å². The molecule has 2 heterocycles. The number of piperidine rings is 2. The first-order valence-electron chi connectivity index (χ1n) is 7.21. The first-order valence-corrected chi connectivity index (χ1v) is 7.21. The van der Waals surface area contributed by atoms with Crippen LogP contribution in [0, 0.1) is 17.8 Å². The van der Waals surface area contributed by atoms with Gasteiger partial charge < -0.3 is 15.0 Å². The Bertz CT molecular complexity index is 214. The molecule has 0 spiro atoms. The smallest absolute Gasteiger partial charge is 0.0491 e. The molecule has 2 aliphatic heterocycles. The maximum Gasteiger partial charge on any atom is 0.0491 e. The Morgan fingerprint density at radius 1 is 1.24 bits per heavy atom. The zero-order valence-electron chi connectivity index (χ0n) is 11.5. The van der Waals surface area contributed by atoms with Crippen LogP contribution in [-0.2, 0) is 4.74 Å². The maximum atomic E-state index is 5.26. The molecule has 0 aromatic rings. The summed E-state index contributed by atoms with van der Waals surface area (Å²) < 4.78 is 5.26. The minimum absolute atomic E-state index is 0.807. The fourth-order valence-electron chi connectivity index (χ4n) is 3.24. The first kappa shape index (κ1) is 13.3. The topological polar surface area (TPSA) is 24.5 Å². The standard InChI is InChI=1S/C14H28N2O/c1-12-9-15-6-3-14(12)10-16-7-4-13(5-8-16)11-17-2/h12-15H,3-11H2,1-2H3. The highest BCUT2D eigenvalue weighted by molar-refractivity contribution is 4.80. The fraction of sp³-hybridized carbons (Fsp3) is 1.00. The number of ether oxygens (including phenoxy) is 1. The van der Waals surface area contributed by atoms with E-state index in [1.54, 1.807) is 0 Å². The number of nitrogens with one attached hydrogen (secondary N) is 1. The van der Waals surface area contributed by atoms with E-state index in [0.29, 0.717) is 0 Å². The van der Waals surface area contributed by atoms with Crippen LogP contribution in [-0.4, -0.2) is 51.3 Å². The molecule has 2 unspecified atom stereocenters. The molecule has 2 saturated heterocycles. The van der Waals surface area contributed by atoms with Crippen LogP contribution < -0.4 is 5.32 Å². The Balaban J connectivity index is 1.70. The lowest BCUT2D eigenvalue weighted by Crippen LogP contribution is -2.44. The number of rotatable bonds is 4. The van der Waals surface area contributed by atoms with Crippen molar-refractivity contribution in [2.24, 2.45) is 17.8 Å². The van der Waals surface area contributed by atoms with Crippen LogP contribution in [0.25, 0.3) is 0 Å². The van der Waals surface area contributed by atoms with Crippen LogP contribution in [0.2, 0.25) is 0 Å². The second-order valence-corrected chi connectivity index (χ2v) is 5.93. The molecule has 0 aromatic heterocycles. The summed E-state index contributed by atoms with van der Waals surface area (Å²) in [7, 11) is 1.82. The number of hydrogen-bond acceptors (Lipinski definition) is 3. The van der Waals surface area contributed by atoms with E-state index in [4.69, 9.17) is 4.74 Å². The molecular weight excluding hydrogens is 212 g/mol. The Hall–Kier alpha value is -0.120. The van der Waals surface area contributed by atoms with Crippen LogP contribution in [0.5, 0.6) is 0 Å². The largest absolute Gasteiger partial charge is 0.384 e. The van der Waals surface area contributed by atoms with Gasteiger partial charge in [-0.15, -0.1) is 0 Å². The van der Waals surface area contributed by atoms with Crippen molar-refractivity contribution in [2.45, 2.75) is 26.2 Å². The molecule has 2 aliphatic rings. The molecule has 0 aliphatic carbocycles. The first-order chi connectivity index (χ1) is 8.29. The lowest BCUT2D eigenvalue weighted by molar-refractivity contribution is 0.0826. The van der Waals surface area contributed by atoms with Crippen LogP contribution >= 0.6 is 0 Å². The number of likely N-dealkylation sites (tertiary alicyclic amines) is 1. The van der Waals surface area contributed by atoms with Crippen molar-refractivity contribution < 1.29 is 4.74 Å². The predicted octanol–water partition coefficient (Wildman–Crippen LogP) is 1.59. The van der Waals surface area contributed by atoms with E-state index >= 15 is 0 Å². The average molecular weight is 240 g/mol. The molecule has 0 saturated carbocycles. The van der Waals surface area contributed by atoms with E-state index in [-0.39, 0.29) is 0 Å². The van der Waals surface area contributed by atoms with E-state index in [9.17, 15) is 0 Å². The third-order valence-corrected chi connectivity index (χ3v) is 4.57. The van der Waals surface area contributed by atoms with Gasteiger partial charge in [-0.2, -0.15) is 0 Å². The highest BCUT2D eigenvalue weighted by Crippen LogP contribution is 2.23. The minimum atomic E-state index is 0.807. The average Bonchev–Trinajstić information content (AvgIpc) is 2.35. The van der Waals surface area contributed by atoms with Crippen molar-refractivity contribution >= 4 is 0 Å². The van der Waals surface area contributed by atoms with Gasteiger partial charge in [-0.25, -0.2) is 0 Å².